The fraction of sp³-hybridized carbons (Fsp3) is 0.294. The molecule has 2 aromatic rings. The van der Waals surface area contributed by atoms with Crippen molar-refractivity contribution < 1.29 is 19.1 Å². The number of nitrogens with zero attached hydrogens (tertiary/aromatic N) is 1. The van der Waals surface area contributed by atoms with E-state index in [0.29, 0.717) is 6.54 Å². The Hall–Kier alpha value is -2.56. The molecule has 5 heteroatoms. The smallest absolute Gasteiger partial charge is 0.338 e. The van der Waals surface area contributed by atoms with Crippen molar-refractivity contribution in [1.82, 2.24) is 0 Å². The third-order valence-electron chi connectivity index (χ3n) is 4.00. The Morgan fingerprint density at radius 3 is 2.68 bits per heavy atom. The summed E-state index contributed by atoms with van der Waals surface area (Å²) in [6.07, 6.45) is 2.93. The van der Waals surface area contributed by atoms with Crippen molar-refractivity contribution >= 4 is 17.6 Å². The molecule has 0 saturated heterocycles. The quantitative estimate of drug-likeness (QED) is 0.924. The summed E-state index contributed by atoms with van der Waals surface area (Å²) in [5, 5.41) is 8.94. The molecule has 114 valence electrons. The number of fused-ring (bicyclic) bond motifs is 1. The lowest BCUT2D eigenvalue weighted by molar-refractivity contribution is 0.0696. The van der Waals surface area contributed by atoms with Gasteiger partial charge in [-0.15, -0.1) is 0 Å². The first-order valence-electron chi connectivity index (χ1n) is 7.21. The van der Waals surface area contributed by atoms with Crippen LogP contribution in [0.4, 0.5) is 5.69 Å². The molecule has 1 aromatic heterocycles. The van der Waals surface area contributed by atoms with Crippen LogP contribution in [0, 0.1) is 13.8 Å². The average Bonchev–Trinajstić information content (AvgIpc) is 2.96. The summed E-state index contributed by atoms with van der Waals surface area (Å²) in [7, 11) is 0. The van der Waals surface area contributed by atoms with Crippen molar-refractivity contribution in [1.29, 1.82) is 0 Å². The van der Waals surface area contributed by atoms with Crippen LogP contribution in [-0.2, 0) is 6.42 Å². The summed E-state index contributed by atoms with van der Waals surface area (Å²) in [4.78, 5) is 25.3. The summed E-state index contributed by atoms with van der Waals surface area (Å²) in [6.45, 7) is 4.66. The van der Waals surface area contributed by atoms with Gasteiger partial charge >= 0.3 is 5.97 Å². The highest BCUT2D eigenvalue weighted by Crippen LogP contribution is 2.32. The molecule has 22 heavy (non-hydrogen) atoms. The van der Waals surface area contributed by atoms with Crippen LogP contribution in [0.15, 0.2) is 28.9 Å². The molecule has 0 atom stereocenters. The first-order chi connectivity index (χ1) is 10.5. The lowest BCUT2D eigenvalue weighted by Gasteiger charge is -2.30. The van der Waals surface area contributed by atoms with Gasteiger partial charge in [-0.05, 0) is 49.4 Å². The monoisotopic (exact) mass is 299 g/mol. The van der Waals surface area contributed by atoms with Gasteiger partial charge in [0.05, 0.1) is 5.56 Å². The predicted octanol–water partition coefficient (Wildman–Crippen LogP) is 3.19. The second-order valence-corrected chi connectivity index (χ2v) is 5.64. The van der Waals surface area contributed by atoms with Crippen molar-refractivity contribution in [3.05, 3.63) is 52.5 Å². The Morgan fingerprint density at radius 1 is 1.23 bits per heavy atom. The number of anilines is 1. The van der Waals surface area contributed by atoms with E-state index >= 15 is 0 Å². The minimum Gasteiger partial charge on any atom is -0.478 e. The number of rotatable bonds is 2. The molecular formula is C17H17NO4. The fourth-order valence-corrected chi connectivity index (χ4v) is 2.98. The number of amides is 1. The van der Waals surface area contributed by atoms with Gasteiger partial charge in [0.2, 0.25) is 0 Å². The van der Waals surface area contributed by atoms with E-state index in [4.69, 9.17) is 9.52 Å². The number of aromatic carboxylic acids is 1. The molecule has 0 radical (unpaired) electrons. The van der Waals surface area contributed by atoms with E-state index < -0.39 is 5.97 Å². The maximum Gasteiger partial charge on any atom is 0.338 e. The van der Waals surface area contributed by atoms with E-state index in [9.17, 15) is 9.59 Å². The van der Waals surface area contributed by atoms with Crippen LogP contribution in [0.25, 0.3) is 0 Å². The maximum absolute atomic E-state index is 12.7. The van der Waals surface area contributed by atoms with Crippen molar-refractivity contribution in [3.63, 3.8) is 0 Å². The van der Waals surface area contributed by atoms with Crippen LogP contribution in [-0.4, -0.2) is 23.5 Å². The largest absolute Gasteiger partial charge is 0.478 e. The first-order valence-corrected chi connectivity index (χ1v) is 7.21. The molecule has 1 aliphatic rings. The summed E-state index contributed by atoms with van der Waals surface area (Å²) >= 11 is 0. The molecule has 5 nitrogen and oxygen atoms in total. The molecule has 1 N–H and O–H groups in total. The second kappa shape index (κ2) is 5.33. The maximum atomic E-state index is 12.7. The SMILES string of the molecule is Cc1cc(C)c2c(c1)N(C(=O)c1cc(C(=O)O)co1)CCC2. The van der Waals surface area contributed by atoms with Crippen LogP contribution in [0.2, 0.25) is 0 Å². The van der Waals surface area contributed by atoms with Crippen LogP contribution in [0.3, 0.4) is 0 Å². The zero-order chi connectivity index (χ0) is 15.9. The van der Waals surface area contributed by atoms with Crippen LogP contribution < -0.4 is 4.90 Å². The highest BCUT2D eigenvalue weighted by molar-refractivity contribution is 6.06. The number of hydrogen-bond donors (Lipinski definition) is 1. The average molecular weight is 299 g/mol. The molecule has 0 aliphatic carbocycles. The highest BCUT2D eigenvalue weighted by Gasteiger charge is 2.27. The lowest BCUT2D eigenvalue weighted by atomic mass is 9.95. The summed E-state index contributed by atoms with van der Waals surface area (Å²) < 4.78 is 5.14. The lowest BCUT2D eigenvalue weighted by Crippen LogP contribution is -2.35. The van der Waals surface area contributed by atoms with Gasteiger partial charge in [0, 0.05) is 18.3 Å². The number of carbonyl (C=O) groups excluding carboxylic acids is 1. The number of carbonyl (C=O) groups is 2. The first kappa shape index (κ1) is 14.4. The van der Waals surface area contributed by atoms with Gasteiger partial charge in [0.1, 0.15) is 6.26 Å². The van der Waals surface area contributed by atoms with Gasteiger partial charge in [0.25, 0.3) is 5.91 Å². The Kier molecular flexibility index (Phi) is 3.48. The predicted molar refractivity (Wildman–Crippen MR) is 81.6 cm³/mol. The molecule has 0 saturated carbocycles. The van der Waals surface area contributed by atoms with E-state index in [0.717, 1.165) is 30.4 Å². The normalized spacial score (nSPS) is 13.8. The van der Waals surface area contributed by atoms with Gasteiger partial charge in [-0.1, -0.05) is 6.07 Å². The number of carboxylic acid groups (broad SMARTS) is 1. The van der Waals surface area contributed by atoms with Crippen molar-refractivity contribution in [3.8, 4) is 0 Å². The molecule has 0 unspecified atom stereocenters. The number of hydrogen-bond acceptors (Lipinski definition) is 3. The summed E-state index contributed by atoms with van der Waals surface area (Å²) in [6, 6.07) is 5.39. The molecule has 0 bridgehead atoms. The number of benzene rings is 1. The third-order valence-corrected chi connectivity index (χ3v) is 4.00. The van der Waals surface area contributed by atoms with Crippen molar-refractivity contribution in [2.24, 2.45) is 0 Å². The number of carboxylic acids is 1. The van der Waals surface area contributed by atoms with E-state index in [2.05, 4.69) is 13.0 Å². The van der Waals surface area contributed by atoms with E-state index in [1.54, 1.807) is 4.90 Å². The van der Waals surface area contributed by atoms with Gasteiger partial charge in [-0.3, -0.25) is 4.79 Å². The Morgan fingerprint density at radius 2 is 2.00 bits per heavy atom. The molecule has 1 amide bonds. The van der Waals surface area contributed by atoms with Crippen LogP contribution in [0.5, 0.6) is 0 Å². The fourth-order valence-electron chi connectivity index (χ4n) is 2.98. The third kappa shape index (κ3) is 2.39. The summed E-state index contributed by atoms with van der Waals surface area (Å²) in [5.41, 5.74) is 4.35. The second-order valence-electron chi connectivity index (χ2n) is 5.64. The van der Waals surface area contributed by atoms with E-state index in [1.807, 2.05) is 13.0 Å². The topological polar surface area (TPSA) is 70.8 Å². The zero-order valence-electron chi connectivity index (χ0n) is 12.5. The minimum absolute atomic E-state index is 0.0130. The molecular weight excluding hydrogens is 282 g/mol. The molecule has 0 fully saturated rings. The van der Waals surface area contributed by atoms with Gasteiger partial charge in [-0.25, -0.2) is 4.79 Å². The Labute approximate surface area is 128 Å². The van der Waals surface area contributed by atoms with E-state index in [-0.39, 0.29) is 17.2 Å². The number of furan rings is 1. The van der Waals surface area contributed by atoms with Gasteiger partial charge < -0.3 is 14.4 Å². The summed E-state index contributed by atoms with van der Waals surface area (Å²) in [5.74, 6) is -1.34. The minimum atomic E-state index is -1.10. The van der Waals surface area contributed by atoms with Crippen LogP contribution in [0.1, 0.15) is 44.0 Å². The van der Waals surface area contributed by atoms with Crippen molar-refractivity contribution in [2.45, 2.75) is 26.7 Å². The van der Waals surface area contributed by atoms with Gasteiger partial charge in [0.15, 0.2) is 5.76 Å². The molecule has 2 heterocycles. The highest BCUT2D eigenvalue weighted by atomic mass is 16.4. The van der Waals surface area contributed by atoms with Gasteiger partial charge in [-0.2, -0.15) is 0 Å². The van der Waals surface area contributed by atoms with E-state index in [1.165, 1.54) is 17.2 Å². The standard InChI is InChI=1S/C17H17NO4/c1-10-6-11(2)13-4-3-5-18(14(13)7-10)16(19)15-8-12(9-22-15)17(20)21/h6-9H,3-5H2,1-2H3,(H,20,21). The van der Waals surface area contributed by atoms with Crippen LogP contribution >= 0.6 is 0 Å². The molecule has 3 rings (SSSR count). The van der Waals surface area contributed by atoms with Crippen molar-refractivity contribution in [2.75, 3.05) is 11.4 Å². The zero-order valence-corrected chi connectivity index (χ0v) is 12.5. The number of aryl methyl sites for hydroxylation is 2. The molecule has 1 aliphatic heterocycles. The molecule has 1 aromatic carbocycles. The Balaban J connectivity index is 1.99. The molecule has 0 spiro atoms. The Bertz CT molecular complexity index is 760.